The second-order valence-electron chi connectivity index (χ2n) is 7.18. The maximum Gasteiger partial charge on any atom is 0.232 e. The lowest BCUT2D eigenvalue weighted by molar-refractivity contribution is -0.119. The molecule has 2 aromatic rings. The monoisotopic (exact) mass is 361 g/mol. The van der Waals surface area contributed by atoms with Crippen molar-refractivity contribution in [3.63, 3.8) is 0 Å². The number of allylic oxidation sites excluding steroid dienone is 2. The van der Waals surface area contributed by atoms with Gasteiger partial charge in [-0.05, 0) is 49.1 Å². The van der Waals surface area contributed by atoms with Crippen molar-refractivity contribution in [1.29, 1.82) is 0 Å². The van der Waals surface area contributed by atoms with Gasteiger partial charge in [0.2, 0.25) is 5.91 Å². The molecule has 1 atom stereocenters. The number of benzene rings is 2. The molecule has 0 saturated carbocycles. The normalized spacial score (nSPS) is 19.9. The third-order valence-corrected chi connectivity index (χ3v) is 5.55. The molecule has 4 rings (SSSR count). The van der Waals surface area contributed by atoms with Gasteiger partial charge in [-0.15, -0.1) is 0 Å². The van der Waals surface area contributed by atoms with Crippen molar-refractivity contribution in [1.82, 2.24) is 0 Å². The molecule has 2 aromatic carbocycles. The van der Waals surface area contributed by atoms with Crippen molar-refractivity contribution >= 4 is 17.4 Å². The summed E-state index contributed by atoms with van der Waals surface area (Å²) in [5.74, 6) is 0.819. The Morgan fingerprint density at radius 2 is 1.74 bits per heavy atom. The molecular weight excluding hydrogens is 338 g/mol. The van der Waals surface area contributed by atoms with Crippen LogP contribution in [0.15, 0.2) is 59.8 Å². The topological polar surface area (TPSA) is 46.6 Å². The van der Waals surface area contributed by atoms with Crippen LogP contribution in [0, 0.1) is 6.92 Å². The SMILES string of the molecule is COc1ccc(C2CC(=O)N(c3ccccc3C)C3=C2C(=O)CCC3)cc1. The summed E-state index contributed by atoms with van der Waals surface area (Å²) in [6.45, 7) is 2.00. The van der Waals surface area contributed by atoms with Crippen LogP contribution in [0.4, 0.5) is 5.69 Å². The van der Waals surface area contributed by atoms with Crippen molar-refractivity contribution in [2.24, 2.45) is 0 Å². The van der Waals surface area contributed by atoms with Gasteiger partial charge in [-0.3, -0.25) is 14.5 Å². The average molecular weight is 361 g/mol. The van der Waals surface area contributed by atoms with Crippen molar-refractivity contribution in [3.8, 4) is 5.75 Å². The maximum atomic E-state index is 13.2. The van der Waals surface area contributed by atoms with E-state index in [1.54, 1.807) is 12.0 Å². The molecular formula is C23H23NO3. The van der Waals surface area contributed by atoms with Gasteiger partial charge in [0, 0.05) is 30.0 Å². The van der Waals surface area contributed by atoms with Gasteiger partial charge in [0.05, 0.1) is 12.8 Å². The van der Waals surface area contributed by atoms with Gasteiger partial charge in [-0.2, -0.15) is 0 Å². The fraction of sp³-hybridized carbons (Fsp3) is 0.304. The average Bonchev–Trinajstić information content (AvgIpc) is 2.68. The van der Waals surface area contributed by atoms with Gasteiger partial charge in [-0.25, -0.2) is 0 Å². The van der Waals surface area contributed by atoms with Crippen LogP contribution in [-0.2, 0) is 9.59 Å². The van der Waals surface area contributed by atoms with Crippen molar-refractivity contribution in [2.45, 2.75) is 38.5 Å². The lowest BCUT2D eigenvalue weighted by Gasteiger charge is -2.39. The van der Waals surface area contributed by atoms with Gasteiger partial charge in [0.25, 0.3) is 0 Å². The molecule has 4 nitrogen and oxygen atoms in total. The fourth-order valence-corrected chi connectivity index (χ4v) is 4.21. The number of amides is 1. The third-order valence-electron chi connectivity index (χ3n) is 5.55. The van der Waals surface area contributed by atoms with Gasteiger partial charge in [0.1, 0.15) is 5.75 Å². The number of carbonyl (C=O) groups is 2. The van der Waals surface area contributed by atoms with Crippen LogP contribution in [0.3, 0.4) is 0 Å². The van der Waals surface area contributed by atoms with E-state index >= 15 is 0 Å². The number of hydrogen-bond acceptors (Lipinski definition) is 3. The number of anilines is 1. The Balaban J connectivity index is 1.84. The number of Topliss-reactive ketones (excluding diaryl/α,β-unsaturated/α-hetero) is 1. The van der Waals surface area contributed by atoms with E-state index in [1.165, 1.54) is 0 Å². The fourth-order valence-electron chi connectivity index (χ4n) is 4.21. The number of ketones is 1. The van der Waals surface area contributed by atoms with Crippen molar-refractivity contribution < 1.29 is 14.3 Å². The minimum Gasteiger partial charge on any atom is -0.497 e. The molecule has 0 bridgehead atoms. The highest BCUT2D eigenvalue weighted by Crippen LogP contribution is 2.44. The molecule has 0 saturated heterocycles. The highest BCUT2D eigenvalue weighted by atomic mass is 16.5. The Morgan fingerprint density at radius 3 is 2.44 bits per heavy atom. The molecule has 2 aliphatic rings. The molecule has 138 valence electrons. The Bertz CT molecular complexity index is 927. The van der Waals surface area contributed by atoms with E-state index in [-0.39, 0.29) is 17.6 Å². The molecule has 1 unspecified atom stereocenters. The molecule has 1 aliphatic heterocycles. The molecule has 1 amide bonds. The van der Waals surface area contributed by atoms with E-state index < -0.39 is 0 Å². The second-order valence-corrected chi connectivity index (χ2v) is 7.18. The summed E-state index contributed by atoms with van der Waals surface area (Å²) in [4.78, 5) is 27.8. The molecule has 27 heavy (non-hydrogen) atoms. The van der Waals surface area contributed by atoms with Crippen LogP contribution in [0.25, 0.3) is 0 Å². The molecule has 0 fully saturated rings. The quantitative estimate of drug-likeness (QED) is 0.807. The highest BCUT2D eigenvalue weighted by molar-refractivity contribution is 6.07. The van der Waals surface area contributed by atoms with Gasteiger partial charge >= 0.3 is 0 Å². The molecule has 4 heteroatoms. The summed E-state index contributed by atoms with van der Waals surface area (Å²) in [7, 11) is 1.63. The van der Waals surface area contributed by atoms with Crippen LogP contribution < -0.4 is 9.64 Å². The molecule has 1 heterocycles. The minimum atomic E-state index is -0.175. The minimum absolute atomic E-state index is 0.0542. The Labute approximate surface area is 159 Å². The summed E-state index contributed by atoms with van der Waals surface area (Å²) in [6, 6.07) is 15.6. The van der Waals surface area contributed by atoms with Crippen LogP contribution in [0.5, 0.6) is 5.75 Å². The second kappa shape index (κ2) is 7.03. The van der Waals surface area contributed by atoms with Gasteiger partial charge in [-0.1, -0.05) is 30.3 Å². The van der Waals surface area contributed by atoms with Crippen LogP contribution in [0.2, 0.25) is 0 Å². The van der Waals surface area contributed by atoms with E-state index in [9.17, 15) is 9.59 Å². The number of carbonyl (C=O) groups excluding carboxylic acids is 2. The van der Waals surface area contributed by atoms with Crippen molar-refractivity contribution in [3.05, 3.63) is 70.9 Å². The Morgan fingerprint density at radius 1 is 1.00 bits per heavy atom. The summed E-state index contributed by atoms with van der Waals surface area (Å²) >= 11 is 0. The predicted octanol–water partition coefficient (Wildman–Crippen LogP) is 4.53. The third kappa shape index (κ3) is 3.05. The number of methoxy groups -OCH3 is 1. The summed E-state index contributed by atoms with van der Waals surface area (Å²) in [5, 5.41) is 0. The summed E-state index contributed by atoms with van der Waals surface area (Å²) in [6.07, 6.45) is 2.42. The molecule has 0 spiro atoms. The first-order chi connectivity index (χ1) is 13.1. The number of nitrogens with zero attached hydrogens (tertiary/aromatic N) is 1. The standard InChI is InChI=1S/C23H23NO3/c1-15-6-3-4-7-19(15)24-20-8-5-9-21(25)23(20)18(14-22(24)26)16-10-12-17(27-2)13-11-16/h3-4,6-7,10-13,18H,5,8-9,14H2,1-2H3. The van der Waals surface area contributed by atoms with Crippen LogP contribution in [0.1, 0.15) is 42.7 Å². The Hall–Kier alpha value is -2.88. The molecule has 1 aliphatic carbocycles. The maximum absolute atomic E-state index is 13.2. The van der Waals surface area contributed by atoms with E-state index in [0.29, 0.717) is 12.8 Å². The first kappa shape index (κ1) is 17.5. The first-order valence-corrected chi connectivity index (χ1v) is 9.39. The van der Waals surface area contributed by atoms with Crippen LogP contribution >= 0.6 is 0 Å². The lowest BCUT2D eigenvalue weighted by atomic mass is 9.77. The number of hydrogen-bond donors (Lipinski definition) is 0. The molecule has 0 N–H and O–H groups in total. The molecule has 0 radical (unpaired) electrons. The van der Waals surface area contributed by atoms with Gasteiger partial charge < -0.3 is 4.74 Å². The smallest absolute Gasteiger partial charge is 0.232 e. The predicted molar refractivity (Wildman–Crippen MR) is 105 cm³/mol. The van der Waals surface area contributed by atoms with E-state index in [4.69, 9.17) is 4.74 Å². The van der Waals surface area contributed by atoms with E-state index in [1.807, 2.05) is 55.5 Å². The summed E-state index contributed by atoms with van der Waals surface area (Å²) < 4.78 is 5.24. The largest absolute Gasteiger partial charge is 0.497 e. The van der Waals surface area contributed by atoms with Crippen LogP contribution in [-0.4, -0.2) is 18.8 Å². The zero-order valence-corrected chi connectivity index (χ0v) is 15.7. The Kier molecular flexibility index (Phi) is 4.56. The number of aryl methyl sites for hydroxylation is 1. The number of para-hydroxylation sites is 1. The zero-order chi connectivity index (χ0) is 19.0. The number of rotatable bonds is 3. The highest BCUT2D eigenvalue weighted by Gasteiger charge is 2.39. The van der Waals surface area contributed by atoms with Gasteiger partial charge in [0.15, 0.2) is 5.78 Å². The summed E-state index contributed by atoms with van der Waals surface area (Å²) in [5.41, 5.74) is 4.62. The lowest BCUT2D eigenvalue weighted by Crippen LogP contribution is -2.40. The first-order valence-electron chi connectivity index (χ1n) is 9.39. The van der Waals surface area contributed by atoms with Crippen molar-refractivity contribution in [2.75, 3.05) is 12.0 Å². The van der Waals surface area contributed by atoms with E-state index in [0.717, 1.165) is 46.7 Å². The zero-order valence-electron chi connectivity index (χ0n) is 15.7. The molecule has 0 aromatic heterocycles. The number of ether oxygens (including phenoxy) is 1. The van der Waals surface area contributed by atoms with E-state index in [2.05, 4.69) is 0 Å².